The lowest BCUT2D eigenvalue weighted by Crippen LogP contribution is -2.40. The van der Waals surface area contributed by atoms with Crippen molar-refractivity contribution in [2.45, 2.75) is 165 Å². The number of aromatic nitrogens is 2. The highest BCUT2D eigenvalue weighted by Gasteiger charge is 2.46. The number of hydrogen-bond acceptors (Lipinski definition) is 9. The first-order valence-corrected chi connectivity index (χ1v) is 24.0. The molecule has 352 valence electrons. The SMILES string of the molecule is CC1(C)CC(=O)c2c(C(F)(F)F)nn(-c3ccc(C(N)=O)c(N[C@H]4CC[C@H](NC(=O)CCCCCNC(=O)CCCCCNC(=O)CCCCC5SC[C@@H]6NC(=O)N[C@H]56)CC4)c3)c2C1. The van der Waals surface area contributed by atoms with Gasteiger partial charge in [0.2, 0.25) is 17.7 Å². The number of benzene rings is 1. The molecule has 0 spiro atoms. The number of urea groups is 1. The summed E-state index contributed by atoms with van der Waals surface area (Å²) >= 11 is 1.89. The number of anilines is 1. The molecule has 1 unspecified atom stereocenters. The molecule has 2 aliphatic heterocycles. The van der Waals surface area contributed by atoms with Crippen LogP contribution in [0.15, 0.2) is 18.2 Å². The third kappa shape index (κ3) is 13.4. The first kappa shape index (κ1) is 48.6. The monoisotopic (exact) mass is 915 g/mol. The molecule has 1 aromatic heterocycles. The van der Waals surface area contributed by atoms with Crippen LogP contribution in [0.4, 0.5) is 23.7 Å². The van der Waals surface area contributed by atoms with Gasteiger partial charge in [0.15, 0.2) is 11.5 Å². The van der Waals surface area contributed by atoms with Gasteiger partial charge in [0.05, 0.1) is 34.6 Å². The lowest BCUT2D eigenvalue weighted by atomic mass is 9.75. The number of ketones is 1. The van der Waals surface area contributed by atoms with Gasteiger partial charge in [0, 0.05) is 67.5 Å². The minimum Gasteiger partial charge on any atom is -0.382 e. The van der Waals surface area contributed by atoms with Crippen LogP contribution in [0.3, 0.4) is 0 Å². The Kier molecular flexibility index (Phi) is 16.7. The van der Waals surface area contributed by atoms with Gasteiger partial charge in [-0.1, -0.05) is 33.1 Å². The number of nitrogens with zero attached hydrogens (tertiary/aromatic N) is 2. The smallest absolute Gasteiger partial charge is 0.382 e. The van der Waals surface area contributed by atoms with Crippen LogP contribution in [0, 0.1) is 5.41 Å². The van der Waals surface area contributed by atoms with Crippen molar-refractivity contribution < 1.29 is 41.9 Å². The van der Waals surface area contributed by atoms with Crippen molar-refractivity contribution in [2.24, 2.45) is 11.1 Å². The predicted octanol–water partition coefficient (Wildman–Crippen LogP) is 6.06. The molecule has 6 amide bonds. The molecule has 4 aliphatic rings. The third-order valence-corrected chi connectivity index (χ3v) is 14.2. The number of amides is 6. The van der Waals surface area contributed by atoms with Gasteiger partial charge in [0.1, 0.15) is 0 Å². The van der Waals surface area contributed by atoms with Gasteiger partial charge >= 0.3 is 12.2 Å². The van der Waals surface area contributed by atoms with E-state index in [1.165, 1.54) is 12.1 Å². The molecule has 64 heavy (non-hydrogen) atoms. The Morgan fingerprint density at radius 3 is 2.11 bits per heavy atom. The Labute approximate surface area is 376 Å². The highest BCUT2D eigenvalue weighted by molar-refractivity contribution is 8.00. The van der Waals surface area contributed by atoms with E-state index < -0.39 is 34.5 Å². The lowest BCUT2D eigenvalue weighted by Gasteiger charge is -2.31. The summed E-state index contributed by atoms with van der Waals surface area (Å²) < 4.78 is 43.3. The van der Waals surface area contributed by atoms with Gasteiger partial charge in [-0.3, -0.25) is 24.0 Å². The van der Waals surface area contributed by atoms with Crippen LogP contribution >= 0.6 is 11.8 Å². The summed E-state index contributed by atoms with van der Waals surface area (Å²) in [6.07, 6.45) is 6.87. The average Bonchev–Trinajstić information content (AvgIpc) is 3.92. The van der Waals surface area contributed by atoms with E-state index in [2.05, 4.69) is 37.0 Å². The van der Waals surface area contributed by atoms with Gasteiger partial charge in [0.25, 0.3) is 5.91 Å². The van der Waals surface area contributed by atoms with Crippen molar-refractivity contribution >= 4 is 52.9 Å². The Morgan fingerprint density at radius 1 is 0.844 bits per heavy atom. The van der Waals surface area contributed by atoms with Crippen molar-refractivity contribution in [1.29, 1.82) is 0 Å². The molecule has 1 saturated carbocycles. The van der Waals surface area contributed by atoms with Crippen LogP contribution in [-0.2, 0) is 27.0 Å². The molecule has 0 bridgehead atoms. The maximum Gasteiger partial charge on any atom is 0.435 e. The van der Waals surface area contributed by atoms with Crippen molar-refractivity contribution in [2.75, 3.05) is 24.2 Å². The number of thioether (sulfide) groups is 1. The molecule has 19 heteroatoms. The van der Waals surface area contributed by atoms with Crippen LogP contribution in [0.2, 0.25) is 0 Å². The zero-order valence-corrected chi connectivity index (χ0v) is 37.7. The number of Topliss-reactive ketones (excluding diaryl/α,β-unsaturated/α-hetero) is 1. The van der Waals surface area contributed by atoms with Crippen LogP contribution < -0.4 is 37.6 Å². The van der Waals surface area contributed by atoms with Gasteiger partial charge < -0.3 is 37.6 Å². The molecule has 2 aromatic rings. The van der Waals surface area contributed by atoms with Gasteiger partial charge in [-0.05, 0) is 94.2 Å². The number of alkyl halides is 3. The number of carbonyl (C=O) groups is 6. The van der Waals surface area contributed by atoms with Crippen molar-refractivity contribution in [3.05, 3.63) is 40.7 Å². The molecular weight excluding hydrogens is 852 g/mol. The number of nitrogens with one attached hydrogen (secondary N) is 6. The van der Waals surface area contributed by atoms with E-state index in [1.54, 1.807) is 6.07 Å². The molecule has 2 saturated heterocycles. The molecule has 15 nitrogen and oxygen atoms in total. The normalized spacial score (nSPS) is 22.5. The summed E-state index contributed by atoms with van der Waals surface area (Å²) in [6.45, 7) is 4.81. The summed E-state index contributed by atoms with van der Waals surface area (Å²) in [5.41, 5.74) is 4.51. The van der Waals surface area contributed by atoms with Gasteiger partial charge in [-0.15, -0.1) is 0 Å². The summed E-state index contributed by atoms with van der Waals surface area (Å²) in [5, 5.41) is 22.6. The molecule has 3 fully saturated rings. The van der Waals surface area contributed by atoms with E-state index in [-0.39, 0.29) is 77.7 Å². The number of carbonyl (C=O) groups excluding carboxylic acids is 6. The van der Waals surface area contributed by atoms with E-state index in [1.807, 2.05) is 25.6 Å². The number of fused-ring (bicyclic) bond motifs is 2. The molecule has 3 atom stereocenters. The average molecular weight is 916 g/mol. The highest BCUT2D eigenvalue weighted by Crippen LogP contribution is 2.42. The molecular formula is C45H64F3N9O6S. The van der Waals surface area contributed by atoms with Gasteiger partial charge in [-0.25, -0.2) is 9.48 Å². The molecule has 3 heterocycles. The lowest BCUT2D eigenvalue weighted by molar-refractivity contribution is -0.141. The van der Waals surface area contributed by atoms with Crippen molar-refractivity contribution in [3.8, 4) is 5.69 Å². The van der Waals surface area contributed by atoms with Gasteiger partial charge in [-0.2, -0.15) is 30.0 Å². The summed E-state index contributed by atoms with van der Waals surface area (Å²) in [4.78, 5) is 74.1. The molecule has 8 N–H and O–H groups in total. The fourth-order valence-corrected chi connectivity index (χ4v) is 10.9. The number of unbranched alkanes of at least 4 members (excludes halogenated alkanes) is 5. The zero-order valence-electron chi connectivity index (χ0n) is 36.9. The predicted molar refractivity (Wildman–Crippen MR) is 238 cm³/mol. The van der Waals surface area contributed by atoms with Crippen LogP contribution in [0.1, 0.15) is 155 Å². The number of hydrogen-bond donors (Lipinski definition) is 7. The van der Waals surface area contributed by atoms with Crippen molar-refractivity contribution in [3.63, 3.8) is 0 Å². The maximum absolute atomic E-state index is 14.1. The molecule has 2 aliphatic carbocycles. The second-order valence-electron chi connectivity index (χ2n) is 18.6. The number of primary amides is 1. The van der Waals surface area contributed by atoms with E-state index in [9.17, 15) is 41.9 Å². The molecule has 0 radical (unpaired) electrons. The van der Waals surface area contributed by atoms with Crippen LogP contribution in [0.25, 0.3) is 5.69 Å². The van der Waals surface area contributed by atoms with Crippen LogP contribution in [0.5, 0.6) is 0 Å². The van der Waals surface area contributed by atoms with E-state index in [0.717, 1.165) is 61.8 Å². The summed E-state index contributed by atoms with van der Waals surface area (Å²) in [5.74, 6) is -0.335. The topological polar surface area (TPSA) is 218 Å². The van der Waals surface area contributed by atoms with E-state index in [0.29, 0.717) is 75.4 Å². The first-order valence-electron chi connectivity index (χ1n) is 22.9. The van der Waals surface area contributed by atoms with E-state index >= 15 is 0 Å². The minimum absolute atomic E-state index is 0.00269. The first-order chi connectivity index (χ1) is 30.5. The Balaban J connectivity index is 0.807. The Morgan fingerprint density at radius 2 is 1.47 bits per heavy atom. The third-order valence-electron chi connectivity index (χ3n) is 12.7. The Bertz CT molecular complexity index is 2020. The van der Waals surface area contributed by atoms with E-state index in [4.69, 9.17) is 5.73 Å². The highest BCUT2D eigenvalue weighted by atomic mass is 32.2. The van der Waals surface area contributed by atoms with Crippen molar-refractivity contribution in [1.82, 2.24) is 36.4 Å². The fourth-order valence-electron chi connectivity index (χ4n) is 9.34. The largest absolute Gasteiger partial charge is 0.435 e. The molecule has 1 aromatic carbocycles. The second kappa shape index (κ2) is 21.9. The number of rotatable bonds is 22. The quantitative estimate of drug-likeness (QED) is 0.0539. The number of nitrogens with two attached hydrogens (primary N) is 1. The maximum atomic E-state index is 14.1. The fraction of sp³-hybridized carbons (Fsp3) is 0.667. The van der Waals surface area contributed by atoms with Crippen LogP contribution in [-0.4, -0.2) is 93.5 Å². The molecule has 6 rings (SSSR count). The zero-order chi connectivity index (χ0) is 46.0. The second-order valence-corrected chi connectivity index (χ2v) is 19.8. The minimum atomic E-state index is -4.82. The summed E-state index contributed by atoms with van der Waals surface area (Å²) in [6, 6.07) is 4.73. The standard InChI is InChI=1S/C45H64F3N9O6S/c1-44(2)24-33-39(34(58)25-44)41(45(46,47)48)56-57(33)29-19-20-30(42(49)62)31(23-29)52-27-15-17-28(18-16-27)53-38(61)14-6-4-10-22-50-36(59)12-5-3-9-21-51-37(60)13-8-7-11-35-40-32(26-64-35)54-43(63)55-40/h19-20,23,27-28,32,35,40,52H,3-18,21-22,24-26H2,1-2H3,(H2,49,62)(H,50,59)(H,51,60)(H,53,61)(H2,54,55,63)/t27-,28-,32-,35?,40-/m0/s1. The summed E-state index contributed by atoms with van der Waals surface area (Å²) in [7, 11) is 0. The number of halogens is 3. The Hall–Kier alpha value is -4.81.